The summed E-state index contributed by atoms with van der Waals surface area (Å²) in [6, 6.07) is 5.82. The molecule has 0 spiro atoms. The molecule has 2 aromatic rings. The van der Waals surface area contributed by atoms with Gasteiger partial charge in [0.15, 0.2) is 11.6 Å². The molecule has 2 rings (SSSR count). The second-order valence-electron chi connectivity index (χ2n) is 2.78. The van der Waals surface area contributed by atoms with Crippen LogP contribution >= 0.6 is 0 Å². The number of aromatic nitrogens is 2. The largest absolute Gasteiger partial charge is 0.380 e. The van der Waals surface area contributed by atoms with Gasteiger partial charge in [0.2, 0.25) is 0 Å². The Morgan fingerprint density at radius 2 is 1.93 bits per heavy atom. The number of halogens is 2. The van der Waals surface area contributed by atoms with E-state index in [1.54, 1.807) is 6.07 Å². The number of H-pyrrole nitrogens is 1. The first-order valence-corrected chi connectivity index (χ1v) is 3.94. The topological polar surface area (TPSA) is 54.7 Å². The fourth-order valence-corrected chi connectivity index (χ4v) is 1.18. The average Bonchev–Trinajstić information content (AvgIpc) is 2.49. The highest BCUT2D eigenvalue weighted by Gasteiger charge is 2.14. The summed E-state index contributed by atoms with van der Waals surface area (Å²) in [7, 11) is 0. The Bertz CT molecular complexity index is 465. The average molecular weight is 195 g/mol. The van der Waals surface area contributed by atoms with Crippen molar-refractivity contribution in [1.82, 2.24) is 10.2 Å². The van der Waals surface area contributed by atoms with Gasteiger partial charge in [-0.05, 0) is 12.1 Å². The van der Waals surface area contributed by atoms with E-state index >= 15 is 0 Å². The molecule has 0 bridgehead atoms. The molecule has 72 valence electrons. The smallest absolute Gasteiger partial charge is 0.192 e. The van der Waals surface area contributed by atoms with E-state index in [2.05, 4.69) is 10.2 Å². The van der Waals surface area contributed by atoms with Gasteiger partial charge in [0, 0.05) is 5.56 Å². The van der Waals surface area contributed by atoms with Crippen molar-refractivity contribution in [2.24, 2.45) is 0 Å². The Morgan fingerprint density at radius 3 is 2.50 bits per heavy atom. The number of anilines is 1. The summed E-state index contributed by atoms with van der Waals surface area (Å²) in [6.45, 7) is 0. The Kier molecular flexibility index (Phi) is 1.92. The van der Waals surface area contributed by atoms with E-state index in [0.29, 0.717) is 0 Å². The van der Waals surface area contributed by atoms with E-state index in [4.69, 9.17) is 5.73 Å². The maximum atomic E-state index is 13.2. The van der Waals surface area contributed by atoms with Crippen molar-refractivity contribution in [3.63, 3.8) is 0 Å². The Hall–Kier alpha value is -1.91. The van der Waals surface area contributed by atoms with Gasteiger partial charge in [-0.3, -0.25) is 5.10 Å². The maximum absolute atomic E-state index is 13.2. The van der Waals surface area contributed by atoms with Crippen molar-refractivity contribution in [2.75, 3.05) is 5.73 Å². The highest BCUT2D eigenvalue weighted by molar-refractivity contribution is 5.63. The van der Waals surface area contributed by atoms with E-state index in [1.165, 1.54) is 18.2 Å². The molecule has 0 aliphatic carbocycles. The van der Waals surface area contributed by atoms with Crippen molar-refractivity contribution in [3.05, 3.63) is 35.9 Å². The standard InChI is InChI=1S/C9H7F2N3/c10-6-4-2-1-3-5(6)8-7(11)9(12)14-13-8/h1-4H,(H3,12,13,14). The lowest BCUT2D eigenvalue weighted by molar-refractivity contribution is 0.618. The molecule has 0 atom stereocenters. The van der Waals surface area contributed by atoms with Crippen LogP contribution in [0.5, 0.6) is 0 Å². The molecule has 0 saturated heterocycles. The van der Waals surface area contributed by atoms with Crippen LogP contribution < -0.4 is 5.73 Å². The van der Waals surface area contributed by atoms with Gasteiger partial charge >= 0.3 is 0 Å². The molecular weight excluding hydrogens is 188 g/mol. The van der Waals surface area contributed by atoms with Crippen LogP contribution in [0.15, 0.2) is 24.3 Å². The third-order valence-electron chi connectivity index (χ3n) is 1.88. The van der Waals surface area contributed by atoms with Crippen LogP contribution in [0.2, 0.25) is 0 Å². The summed E-state index contributed by atoms with van der Waals surface area (Å²) >= 11 is 0. The molecule has 3 N–H and O–H groups in total. The summed E-state index contributed by atoms with van der Waals surface area (Å²) < 4.78 is 26.5. The number of benzene rings is 1. The number of nitrogens with zero attached hydrogens (tertiary/aromatic N) is 1. The Labute approximate surface area is 78.6 Å². The monoisotopic (exact) mass is 195 g/mol. The second kappa shape index (κ2) is 3.10. The minimum absolute atomic E-state index is 0.0272. The summed E-state index contributed by atoms with van der Waals surface area (Å²) in [5.41, 5.74) is 5.28. The number of hydrogen-bond donors (Lipinski definition) is 2. The lowest BCUT2D eigenvalue weighted by atomic mass is 10.1. The van der Waals surface area contributed by atoms with E-state index in [-0.39, 0.29) is 17.1 Å². The van der Waals surface area contributed by atoms with Crippen LogP contribution in [0.25, 0.3) is 11.3 Å². The van der Waals surface area contributed by atoms with Crippen LogP contribution in [0.3, 0.4) is 0 Å². The fraction of sp³-hybridized carbons (Fsp3) is 0. The van der Waals surface area contributed by atoms with Crippen LogP contribution in [-0.4, -0.2) is 10.2 Å². The van der Waals surface area contributed by atoms with Gasteiger partial charge in [-0.15, -0.1) is 0 Å². The first-order chi connectivity index (χ1) is 6.70. The van der Waals surface area contributed by atoms with Crippen LogP contribution in [-0.2, 0) is 0 Å². The van der Waals surface area contributed by atoms with Crippen LogP contribution in [0.4, 0.5) is 14.6 Å². The molecule has 0 radical (unpaired) electrons. The van der Waals surface area contributed by atoms with Crippen molar-refractivity contribution in [2.45, 2.75) is 0 Å². The number of nitrogens with two attached hydrogens (primary N) is 1. The first-order valence-electron chi connectivity index (χ1n) is 3.94. The predicted molar refractivity (Wildman–Crippen MR) is 48.4 cm³/mol. The normalized spacial score (nSPS) is 10.4. The SMILES string of the molecule is Nc1n[nH]c(-c2ccccc2F)c1F. The number of rotatable bonds is 1. The van der Waals surface area contributed by atoms with Crippen molar-refractivity contribution in [1.29, 1.82) is 0 Å². The molecule has 3 nitrogen and oxygen atoms in total. The molecule has 5 heteroatoms. The lowest BCUT2D eigenvalue weighted by Crippen LogP contribution is -1.89. The number of nitrogens with one attached hydrogen (secondary N) is 1. The summed E-state index contributed by atoms with van der Waals surface area (Å²) in [4.78, 5) is 0. The minimum atomic E-state index is -0.727. The number of hydrogen-bond acceptors (Lipinski definition) is 2. The van der Waals surface area contributed by atoms with Gasteiger partial charge in [0.25, 0.3) is 0 Å². The van der Waals surface area contributed by atoms with Gasteiger partial charge in [0.05, 0.1) is 0 Å². The van der Waals surface area contributed by atoms with Crippen molar-refractivity contribution >= 4 is 5.82 Å². The van der Waals surface area contributed by atoms with Crippen molar-refractivity contribution in [3.8, 4) is 11.3 Å². The molecule has 0 fully saturated rings. The summed E-state index contributed by atoms with van der Waals surface area (Å²) in [6.07, 6.45) is 0. The maximum Gasteiger partial charge on any atom is 0.192 e. The Morgan fingerprint density at radius 1 is 1.21 bits per heavy atom. The predicted octanol–water partition coefficient (Wildman–Crippen LogP) is 1.94. The van der Waals surface area contributed by atoms with Crippen molar-refractivity contribution < 1.29 is 8.78 Å². The molecule has 1 heterocycles. The molecule has 0 aliphatic rings. The van der Waals surface area contributed by atoms with Gasteiger partial charge < -0.3 is 5.73 Å². The molecule has 0 saturated carbocycles. The van der Waals surface area contributed by atoms with Gasteiger partial charge in [0.1, 0.15) is 11.5 Å². The third-order valence-corrected chi connectivity index (χ3v) is 1.88. The van der Waals surface area contributed by atoms with E-state index < -0.39 is 11.6 Å². The zero-order chi connectivity index (χ0) is 10.1. The molecule has 0 amide bonds. The zero-order valence-corrected chi connectivity index (χ0v) is 7.09. The van der Waals surface area contributed by atoms with Crippen LogP contribution in [0, 0.1) is 11.6 Å². The summed E-state index contributed by atoms with van der Waals surface area (Å²) in [5.74, 6) is -1.51. The molecule has 1 aromatic carbocycles. The second-order valence-corrected chi connectivity index (χ2v) is 2.78. The number of nitrogen functional groups attached to an aromatic ring is 1. The minimum Gasteiger partial charge on any atom is -0.380 e. The van der Waals surface area contributed by atoms with E-state index in [1.807, 2.05) is 0 Å². The Balaban J connectivity index is 2.60. The van der Waals surface area contributed by atoms with Gasteiger partial charge in [-0.25, -0.2) is 8.78 Å². The first kappa shape index (κ1) is 8.68. The third kappa shape index (κ3) is 1.22. The van der Waals surface area contributed by atoms with Gasteiger partial charge in [-0.1, -0.05) is 12.1 Å². The lowest BCUT2D eigenvalue weighted by Gasteiger charge is -1.98. The number of aromatic amines is 1. The molecule has 14 heavy (non-hydrogen) atoms. The highest BCUT2D eigenvalue weighted by atomic mass is 19.1. The fourth-order valence-electron chi connectivity index (χ4n) is 1.18. The van der Waals surface area contributed by atoms with Gasteiger partial charge in [-0.2, -0.15) is 5.10 Å². The van der Waals surface area contributed by atoms with E-state index in [0.717, 1.165) is 0 Å². The molecule has 1 aromatic heterocycles. The summed E-state index contributed by atoms with van der Waals surface area (Å²) in [5, 5.41) is 5.79. The quantitative estimate of drug-likeness (QED) is 0.730. The molecule has 0 unspecified atom stereocenters. The molecular formula is C9H7F2N3. The zero-order valence-electron chi connectivity index (χ0n) is 7.09. The van der Waals surface area contributed by atoms with Crippen LogP contribution in [0.1, 0.15) is 0 Å². The highest BCUT2D eigenvalue weighted by Crippen LogP contribution is 2.25. The van der Waals surface area contributed by atoms with E-state index in [9.17, 15) is 8.78 Å². The molecule has 0 aliphatic heterocycles.